The van der Waals surface area contributed by atoms with E-state index in [4.69, 9.17) is 0 Å². The zero-order chi connectivity index (χ0) is 19.8. The van der Waals surface area contributed by atoms with Crippen LogP contribution in [0.25, 0.3) is 6.08 Å². The van der Waals surface area contributed by atoms with E-state index in [0.29, 0.717) is 43.7 Å². The number of halogens is 1. The van der Waals surface area contributed by atoms with Crippen LogP contribution in [0.2, 0.25) is 0 Å². The standard InChI is InChI=1S/C21H30FN3O2/c1-4-23(5-2)11-10-20(26)24-12-14-25(15-13-24)21(27)17(3)16-18-8-6-7-9-19(18)22/h6-9,16H,4-5,10-15H2,1-3H3/b17-16+. The molecule has 0 bridgehead atoms. The van der Waals surface area contributed by atoms with Crippen molar-refractivity contribution in [1.82, 2.24) is 14.7 Å². The maximum atomic E-state index is 13.8. The molecule has 1 aliphatic heterocycles. The molecule has 1 heterocycles. The predicted molar refractivity (Wildman–Crippen MR) is 106 cm³/mol. The Balaban J connectivity index is 1.86. The number of hydrogen-bond donors (Lipinski definition) is 0. The molecule has 1 aromatic carbocycles. The predicted octanol–water partition coefficient (Wildman–Crippen LogP) is 2.63. The van der Waals surface area contributed by atoms with Gasteiger partial charge in [0, 0.05) is 50.3 Å². The Kier molecular flexibility index (Phi) is 7.98. The van der Waals surface area contributed by atoms with E-state index < -0.39 is 0 Å². The molecule has 1 saturated heterocycles. The minimum atomic E-state index is -0.340. The molecule has 0 aliphatic carbocycles. The van der Waals surface area contributed by atoms with Crippen LogP contribution in [0.5, 0.6) is 0 Å². The maximum Gasteiger partial charge on any atom is 0.249 e. The van der Waals surface area contributed by atoms with Crippen LogP contribution in [-0.4, -0.2) is 72.3 Å². The summed E-state index contributed by atoms with van der Waals surface area (Å²) in [7, 11) is 0. The highest BCUT2D eigenvalue weighted by atomic mass is 19.1. The molecule has 2 amide bonds. The summed E-state index contributed by atoms with van der Waals surface area (Å²) in [6.07, 6.45) is 2.10. The quantitative estimate of drug-likeness (QED) is 0.688. The Morgan fingerprint density at radius 2 is 1.67 bits per heavy atom. The van der Waals surface area contributed by atoms with E-state index in [-0.39, 0.29) is 17.6 Å². The van der Waals surface area contributed by atoms with Gasteiger partial charge in [-0.2, -0.15) is 0 Å². The van der Waals surface area contributed by atoms with E-state index >= 15 is 0 Å². The third-order valence-corrected chi connectivity index (χ3v) is 5.07. The zero-order valence-corrected chi connectivity index (χ0v) is 16.6. The summed E-state index contributed by atoms with van der Waals surface area (Å²) < 4.78 is 13.8. The number of carbonyl (C=O) groups is 2. The van der Waals surface area contributed by atoms with Crippen LogP contribution in [0.3, 0.4) is 0 Å². The van der Waals surface area contributed by atoms with Crippen molar-refractivity contribution in [2.24, 2.45) is 0 Å². The van der Waals surface area contributed by atoms with Gasteiger partial charge in [0.2, 0.25) is 11.8 Å². The highest BCUT2D eigenvalue weighted by Crippen LogP contribution is 2.14. The molecule has 0 N–H and O–H groups in total. The fraction of sp³-hybridized carbons (Fsp3) is 0.524. The summed E-state index contributed by atoms with van der Waals surface area (Å²) in [5, 5.41) is 0. The third kappa shape index (κ3) is 5.89. The Hall–Kier alpha value is -2.21. The molecule has 148 valence electrons. The number of benzene rings is 1. The molecule has 0 radical (unpaired) electrons. The van der Waals surface area contributed by atoms with Gasteiger partial charge in [0.05, 0.1) is 0 Å². The molecule has 0 spiro atoms. The van der Waals surface area contributed by atoms with E-state index in [0.717, 1.165) is 19.6 Å². The molecule has 1 aliphatic rings. The first-order valence-corrected chi connectivity index (χ1v) is 9.68. The minimum Gasteiger partial charge on any atom is -0.339 e. The van der Waals surface area contributed by atoms with Gasteiger partial charge in [-0.15, -0.1) is 0 Å². The Bertz CT molecular complexity index is 678. The maximum absolute atomic E-state index is 13.8. The molecule has 1 fully saturated rings. The Morgan fingerprint density at radius 1 is 1.07 bits per heavy atom. The number of amides is 2. The topological polar surface area (TPSA) is 43.9 Å². The van der Waals surface area contributed by atoms with Crippen molar-refractivity contribution < 1.29 is 14.0 Å². The summed E-state index contributed by atoms with van der Waals surface area (Å²) in [5.41, 5.74) is 0.912. The summed E-state index contributed by atoms with van der Waals surface area (Å²) in [4.78, 5) is 30.8. The average Bonchev–Trinajstić information content (AvgIpc) is 2.69. The molecular formula is C21H30FN3O2. The molecular weight excluding hydrogens is 345 g/mol. The average molecular weight is 375 g/mol. The molecule has 1 aromatic rings. The van der Waals surface area contributed by atoms with Crippen molar-refractivity contribution >= 4 is 17.9 Å². The first-order valence-electron chi connectivity index (χ1n) is 9.68. The highest BCUT2D eigenvalue weighted by molar-refractivity contribution is 5.97. The van der Waals surface area contributed by atoms with Crippen LogP contribution in [0.4, 0.5) is 4.39 Å². The normalized spacial score (nSPS) is 15.4. The van der Waals surface area contributed by atoms with Crippen LogP contribution in [0.15, 0.2) is 29.8 Å². The summed E-state index contributed by atoms with van der Waals surface area (Å²) in [6, 6.07) is 6.40. The second kappa shape index (κ2) is 10.2. The van der Waals surface area contributed by atoms with Gasteiger partial charge in [0.25, 0.3) is 0 Å². The van der Waals surface area contributed by atoms with Gasteiger partial charge in [-0.05, 0) is 32.2 Å². The lowest BCUT2D eigenvalue weighted by Gasteiger charge is -2.35. The smallest absolute Gasteiger partial charge is 0.249 e. The van der Waals surface area contributed by atoms with Gasteiger partial charge < -0.3 is 14.7 Å². The van der Waals surface area contributed by atoms with E-state index in [1.807, 2.05) is 4.90 Å². The second-order valence-electron chi connectivity index (χ2n) is 6.80. The molecule has 0 saturated carbocycles. The lowest BCUT2D eigenvalue weighted by Crippen LogP contribution is -2.51. The summed E-state index contributed by atoms with van der Waals surface area (Å²) in [6.45, 7) is 10.7. The lowest BCUT2D eigenvalue weighted by molar-refractivity contribution is -0.137. The largest absolute Gasteiger partial charge is 0.339 e. The molecule has 2 rings (SSSR count). The Labute approximate surface area is 161 Å². The van der Waals surface area contributed by atoms with E-state index in [2.05, 4.69) is 18.7 Å². The van der Waals surface area contributed by atoms with Gasteiger partial charge >= 0.3 is 0 Å². The van der Waals surface area contributed by atoms with Crippen molar-refractivity contribution in [2.45, 2.75) is 27.2 Å². The molecule has 0 unspecified atom stereocenters. The van der Waals surface area contributed by atoms with Crippen LogP contribution in [-0.2, 0) is 9.59 Å². The number of piperazine rings is 1. The SMILES string of the molecule is CCN(CC)CCC(=O)N1CCN(C(=O)/C(C)=C/c2ccccc2F)CC1. The first-order chi connectivity index (χ1) is 13.0. The summed E-state index contributed by atoms with van der Waals surface area (Å²) in [5.74, 6) is -0.297. The van der Waals surface area contributed by atoms with Crippen LogP contribution >= 0.6 is 0 Å². The van der Waals surface area contributed by atoms with Crippen LogP contribution < -0.4 is 0 Å². The van der Waals surface area contributed by atoms with E-state index in [1.54, 1.807) is 36.1 Å². The number of rotatable bonds is 7. The zero-order valence-electron chi connectivity index (χ0n) is 16.6. The molecule has 27 heavy (non-hydrogen) atoms. The van der Waals surface area contributed by atoms with Crippen molar-refractivity contribution in [3.05, 3.63) is 41.2 Å². The van der Waals surface area contributed by atoms with E-state index in [9.17, 15) is 14.0 Å². The van der Waals surface area contributed by atoms with E-state index in [1.165, 1.54) is 6.07 Å². The van der Waals surface area contributed by atoms with Crippen LogP contribution in [0, 0.1) is 5.82 Å². The number of carbonyl (C=O) groups excluding carboxylic acids is 2. The monoisotopic (exact) mass is 375 g/mol. The summed E-state index contributed by atoms with van der Waals surface area (Å²) >= 11 is 0. The first kappa shape index (κ1) is 21.1. The second-order valence-corrected chi connectivity index (χ2v) is 6.80. The molecule has 0 aromatic heterocycles. The fourth-order valence-corrected chi connectivity index (χ4v) is 3.25. The lowest BCUT2D eigenvalue weighted by atomic mass is 10.1. The molecule has 6 heteroatoms. The van der Waals surface area contributed by atoms with Gasteiger partial charge in [0.1, 0.15) is 5.82 Å². The number of nitrogens with zero attached hydrogens (tertiary/aromatic N) is 3. The minimum absolute atomic E-state index is 0.103. The van der Waals surface area contributed by atoms with Crippen molar-refractivity contribution in [1.29, 1.82) is 0 Å². The van der Waals surface area contributed by atoms with Crippen molar-refractivity contribution in [3.8, 4) is 0 Å². The highest BCUT2D eigenvalue weighted by Gasteiger charge is 2.24. The Morgan fingerprint density at radius 3 is 2.26 bits per heavy atom. The van der Waals surface area contributed by atoms with Gasteiger partial charge in [-0.3, -0.25) is 9.59 Å². The van der Waals surface area contributed by atoms with Crippen molar-refractivity contribution in [3.63, 3.8) is 0 Å². The van der Waals surface area contributed by atoms with Gasteiger partial charge in [0.15, 0.2) is 0 Å². The fourth-order valence-electron chi connectivity index (χ4n) is 3.25. The number of hydrogen-bond acceptors (Lipinski definition) is 3. The molecule has 5 nitrogen and oxygen atoms in total. The van der Waals surface area contributed by atoms with Crippen molar-refractivity contribution in [2.75, 3.05) is 45.8 Å². The third-order valence-electron chi connectivity index (χ3n) is 5.07. The van der Waals surface area contributed by atoms with Gasteiger partial charge in [-0.1, -0.05) is 32.0 Å². The van der Waals surface area contributed by atoms with Gasteiger partial charge in [-0.25, -0.2) is 4.39 Å². The molecule has 0 atom stereocenters. The van der Waals surface area contributed by atoms with Crippen LogP contribution in [0.1, 0.15) is 32.8 Å².